The fourth-order valence-corrected chi connectivity index (χ4v) is 2.63. The number of nitrogens with zero attached hydrogens (tertiary/aromatic N) is 1. The molecule has 1 aromatic rings. The predicted octanol–water partition coefficient (Wildman–Crippen LogP) is 2.40. The van der Waals surface area contributed by atoms with Crippen molar-refractivity contribution in [3.63, 3.8) is 0 Å². The summed E-state index contributed by atoms with van der Waals surface area (Å²) in [4.78, 5) is 26.1. The van der Waals surface area contributed by atoms with E-state index in [9.17, 15) is 14.0 Å². The number of aryl methyl sites for hydroxylation is 1. The summed E-state index contributed by atoms with van der Waals surface area (Å²) in [6.45, 7) is 6.12. The van der Waals surface area contributed by atoms with Crippen LogP contribution in [0.15, 0.2) is 18.2 Å². The molecule has 1 N–H and O–H groups in total. The average molecular weight is 292 g/mol. The van der Waals surface area contributed by atoms with Crippen molar-refractivity contribution in [2.45, 2.75) is 39.7 Å². The molecule has 1 aliphatic rings. The van der Waals surface area contributed by atoms with Crippen molar-refractivity contribution < 1.29 is 14.0 Å². The minimum Gasteiger partial charge on any atom is -0.344 e. The predicted molar refractivity (Wildman–Crippen MR) is 79.5 cm³/mol. The molecule has 0 bridgehead atoms. The van der Waals surface area contributed by atoms with Gasteiger partial charge in [-0.3, -0.25) is 9.59 Å². The number of hydrogen-bond acceptors (Lipinski definition) is 2. The number of anilines is 1. The topological polar surface area (TPSA) is 49.4 Å². The van der Waals surface area contributed by atoms with Gasteiger partial charge in [0.15, 0.2) is 0 Å². The van der Waals surface area contributed by atoms with Crippen molar-refractivity contribution in [1.29, 1.82) is 0 Å². The molecule has 2 rings (SSSR count). The number of carbonyl (C=O) groups is 2. The van der Waals surface area contributed by atoms with Gasteiger partial charge in [0, 0.05) is 18.7 Å². The van der Waals surface area contributed by atoms with Crippen LogP contribution in [0.1, 0.15) is 32.3 Å². The van der Waals surface area contributed by atoms with Crippen LogP contribution < -0.4 is 10.2 Å². The molecule has 1 heterocycles. The van der Waals surface area contributed by atoms with Crippen molar-refractivity contribution in [1.82, 2.24) is 5.32 Å². The summed E-state index contributed by atoms with van der Waals surface area (Å²) < 4.78 is 13.2. The second kappa shape index (κ2) is 6.24. The molecule has 4 nitrogen and oxygen atoms in total. The van der Waals surface area contributed by atoms with Crippen LogP contribution in [0.4, 0.5) is 10.1 Å². The number of benzene rings is 1. The summed E-state index contributed by atoms with van der Waals surface area (Å²) in [7, 11) is 0. The molecule has 5 heteroatoms. The Kier molecular flexibility index (Phi) is 4.60. The molecular weight excluding hydrogens is 271 g/mol. The van der Waals surface area contributed by atoms with E-state index in [1.807, 2.05) is 13.8 Å². The molecule has 21 heavy (non-hydrogen) atoms. The maximum Gasteiger partial charge on any atom is 0.249 e. The Morgan fingerprint density at radius 3 is 2.71 bits per heavy atom. The number of carbonyl (C=O) groups excluding carboxylic acids is 2. The highest BCUT2D eigenvalue weighted by molar-refractivity contribution is 6.01. The van der Waals surface area contributed by atoms with E-state index in [-0.39, 0.29) is 24.1 Å². The Balaban J connectivity index is 2.32. The zero-order valence-corrected chi connectivity index (χ0v) is 12.6. The van der Waals surface area contributed by atoms with E-state index in [0.717, 1.165) is 0 Å². The van der Waals surface area contributed by atoms with E-state index < -0.39 is 6.04 Å². The first-order valence-electron chi connectivity index (χ1n) is 7.25. The number of hydrogen-bond donors (Lipinski definition) is 1. The van der Waals surface area contributed by atoms with Gasteiger partial charge in [-0.25, -0.2) is 4.39 Å². The van der Waals surface area contributed by atoms with Gasteiger partial charge in [0.2, 0.25) is 11.8 Å². The van der Waals surface area contributed by atoms with Crippen LogP contribution in [-0.4, -0.2) is 24.4 Å². The second-order valence-electron chi connectivity index (χ2n) is 5.92. The van der Waals surface area contributed by atoms with Crippen LogP contribution in [0.5, 0.6) is 0 Å². The molecule has 1 aliphatic heterocycles. The summed E-state index contributed by atoms with van der Waals surface area (Å²) >= 11 is 0. The smallest absolute Gasteiger partial charge is 0.249 e. The quantitative estimate of drug-likeness (QED) is 0.930. The molecule has 0 saturated carbocycles. The highest BCUT2D eigenvalue weighted by Gasteiger charge is 2.31. The lowest BCUT2D eigenvalue weighted by molar-refractivity contribution is -0.125. The normalized spacial score (nSPS) is 19.7. The largest absolute Gasteiger partial charge is 0.344 e. The standard InChI is InChI=1S/C16H21FN2O2/c1-10(2)8-13-16(21)19(7-6-15(20)18-13)14-5-4-12(17)9-11(14)3/h4-5,9-10,13H,6-8H2,1-3H3,(H,18,20). The lowest BCUT2D eigenvalue weighted by Gasteiger charge is -2.26. The van der Waals surface area contributed by atoms with Crippen molar-refractivity contribution in [2.24, 2.45) is 5.92 Å². The number of amides is 2. The molecule has 0 aliphatic carbocycles. The van der Waals surface area contributed by atoms with Gasteiger partial charge in [0.25, 0.3) is 0 Å². The molecule has 0 radical (unpaired) electrons. The number of rotatable bonds is 3. The second-order valence-corrected chi connectivity index (χ2v) is 5.92. The van der Waals surface area contributed by atoms with Crippen LogP contribution in [0, 0.1) is 18.7 Å². The summed E-state index contributed by atoms with van der Waals surface area (Å²) in [6, 6.07) is 3.84. The highest BCUT2D eigenvalue weighted by Crippen LogP contribution is 2.24. The third-order valence-electron chi connectivity index (χ3n) is 3.62. The van der Waals surface area contributed by atoms with E-state index in [1.54, 1.807) is 17.9 Å². The lowest BCUT2D eigenvalue weighted by atomic mass is 10.0. The van der Waals surface area contributed by atoms with Crippen LogP contribution in [0.3, 0.4) is 0 Å². The third kappa shape index (κ3) is 3.60. The van der Waals surface area contributed by atoms with E-state index in [2.05, 4.69) is 5.32 Å². The van der Waals surface area contributed by atoms with Gasteiger partial charge in [-0.2, -0.15) is 0 Å². The fourth-order valence-electron chi connectivity index (χ4n) is 2.63. The van der Waals surface area contributed by atoms with E-state index in [4.69, 9.17) is 0 Å². The Hall–Kier alpha value is -1.91. The summed E-state index contributed by atoms with van der Waals surface area (Å²) in [5.41, 5.74) is 1.37. The molecule has 1 saturated heterocycles. The minimum atomic E-state index is -0.510. The molecule has 0 aromatic heterocycles. The van der Waals surface area contributed by atoms with Crippen LogP contribution in [0.2, 0.25) is 0 Å². The van der Waals surface area contributed by atoms with Crippen LogP contribution in [-0.2, 0) is 9.59 Å². The molecule has 1 unspecified atom stereocenters. The molecule has 2 amide bonds. The first-order chi connectivity index (χ1) is 9.88. The van der Waals surface area contributed by atoms with Crippen molar-refractivity contribution in [3.8, 4) is 0 Å². The molecule has 1 atom stereocenters. The van der Waals surface area contributed by atoms with Crippen molar-refractivity contribution in [3.05, 3.63) is 29.6 Å². The Morgan fingerprint density at radius 2 is 2.10 bits per heavy atom. The zero-order valence-electron chi connectivity index (χ0n) is 12.6. The Labute approximate surface area is 124 Å². The fraction of sp³-hybridized carbons (Fsp3) is 0.500. The molecular formula is C16H21FN2O2. The van der Waals surface area contributed by atoms with E-state index in [1.165, 1.54) is 12.1 Å². The van der Waals surface area contributed by atoms with Crippen LogP contribution >= 0.6 is 0 Å². The first-order valence-corrected chi connectivity index (χ1v) is 7.25. The maximum absolute atomic E-state index is 13.2. The Bertz CT molecular complexity index is 557. The molecule has 1 aromatic carbocycles. The van der Waals surface area contributed by atoms with Gasteiger partial charge >= 0.3 is 0 Å². The van der Waals surface area contributed by atoms with Crippen LogP contribution in [0.25, 0.3) is 0 Å². The van der Waals surface area contributed by atoms with Crippen molar-refractivity contribution in [2.75, 3.05) is 11.4 Å². The summed E-state index contributed by atoms with van der Waals surface area (Å²) in [6.07, 6.45) is 0.860. The minimum absolute atomic E-state index is 0.115. The van der Waals surface area contributed by atoms with Gasteiger partial charge in [-0.15, -0.1) is 0 Å². The van der Waals surface area contributed by atoms with Gasteiger partial charge < -0.3 is 10.2 Å². The highest BCUT2D eigenvalue weighted by atomic mass is 19.1. The summed E-state index contributed by atoms with van der Waals surface area (Å²) in [5.74, 6) is -0.263. The van der Waals surface area contributed by atoms with Gasteiger partial charge in [0.05, 0.1) is 0 Å². The molecule has 0 spiro atoms. The summed E-state index contributed by atoms with van der Waals surface area (Å²) in [5, 5.41) is 2.79. The average Bonchev–Trinajstić information content (AvgIpc) is 2.51. The zero-order chi connectivity index (χ0) is 15.6. The van der Waals surface area contributed by atoms with Gasteiger partial charge in [-0.05, 0) is 43.0 Å². The molecule has 114 valence electrons. The number of halogens is 1. The monoisotopic (exact) mass is 292 g/mol. The Morgan fingerprint density at radius 1 is 1.38 bits per heavy atom. The van der Waals surface area contributed by atoms with E-state index in [0.29, 0.717) is 30.1 Å². The van der Waals surface area contributed by atoms with E-state index >= 15 is 0 Å². The first kappa shape index (κ1) is 15.5. The number of nitrogens with one attached hydrogen (secondary N) is 1. The van der Waals surface area contributed by atoms with Gasteiger partial charge in [-0.1, -0.05) is 13.8 Å². The van der Waals surface area contributed by atoms with Gasteiger partial charge in [0.1, 0.15) is 11.9 Å². The third-order valence-corrected chi connectivity index (χ3v) is 3.62. The SMILES string of the molecule is Cc1cc(F)ccc1N1CCC(=O)NC(CC(C)C)C1=O. The lowest BCUT2D eigenvalue weighted by Crippen LogP contribution is -2.45. The van der Waals surface area contributed by atoms with Crippen molar-refractivity contribution >= 4 is 17.5 Å². The maximum atomic E-state index is 13.2. The molecule has 1 fully saturated rings.